The molecule has 0 atom stereocenters. The second-order valence-corrected chi connectivity index (χ2v) is 10.8. The Morgan fingerprint density at radius 3 is 2.45 bits per heavy atom. The number of nitrogens with one attached hydrogen (secondary N) is 1. The van der Waals surface area contributed by atoms with E-state index in [1.54, 1.807) is 24.3 Å². The molecule has 200 valence electrons. The molecule has 2 aliphatic rings. The molecular weight excluding hydrogens is 525 g/mol. The fourth-order valence-corrected chi connectivity index (χ4v) is 5.59. The molecule has 1 N–H and O–H groups in total. The Bertz CT molecular complexity index is 1280. The molecule has 0 unspecified atom stereocenters. The minimum absolute atomic E-state index is 0.00330. The number of aromatic nitrogens is 2. The van der Waals surface area contributed by atoms with Gasteiger partial charge < -0.3 is 14.7 Å². The number of piperidine rings is 1. The van der Waals surface area contributed by atoms with Gasteiger partial charge in [-0.05, 0) is 69.1 Å². The highest BCUT2D eigenvalue weighted by Crippen LogP contribution is 2.29. The van der Waals surface area contributed by atoms with Crippen molar-refractivity contribution >= 4 is 40.7 Å². The van der Waals surface area contributed by atoms with Crippen molar-refractivity contribution in [2.75, 3.05) is 31.5 Å². The molecule has 0 aliphatic carbocycles. The van der Waals surface area contributed by atoms with Crippen LogP contribution >= 0.6 is 23.2 Å². The van der Waals surface area contributed by atoms with Gasteiger partial charge in [-0.15, -0.1) is 0 Å². The van der Waals surface area contributed by atoms with E-state index in [9.17, 15) is 9.59 Å². The molecule has 3 heterocycles. The first-order valence-corrected chi connectivity index (χ1v) is 13.9. The van der Waals surface area contributed by atoms with Crippen LogP contribution in [0.3, 0.4) is 0 Å². The minimum atomic E-state index is -0.126. The number of carbonyl (C=O) groups is 2. The largest absolute Gasteiger partial charge is 0.339 e. The van der Waals surface area contributed by atoms with Gasteiger partial charge in [0.05, 0.1) is 22.8 Å². The predicted molar refractivity (Wildman–Crippen MR) is 147 cm³/mol. The van der Waals surface area contributed by atoms with Crippen LogP contribution in [0.4, 0.5) is 5.69 Å². The number of carbonyl (C=O) groups excluding carboxylic acids is 2. The predicted octanol–water partition coefficient (Wildman–Crippen LogP) is 5.91. The Balaban J connectivity index is 1.15. The van der Waals surface area contributed by atoms with Crippen LogP contribution < -0.4 is 5.32 Å². The van der Waals surface area contributed by atoms with Gasteiger partial charge in [-0.25, -0.2) is 0 Å². The van der Waals surface area contributed by atoms with Gasteiger partial charge in [-0.1, -0.05) is 53.3 Å². The maximum absolute atomic E-state index is 13.2. The van der Waals surface area contributed by atoms with Gasteiger partial charge in [-0.2, -0.15) is 4.98 Å². The summed E-state index contributed by atoms with van der Waals surface area (Å²) < 4.78 is 5.44. The van der Waals surface area contributed by atoms with Crippen LogP contribution in [0, 0.1) is 5.92 Å². The molecule has 0 saturated carbocycles. The van der Waals surface area contributed by atoms with Crippen LogP contribution in [0.25, 0.3) is 11.4 Å². The van der Waals surface area contributed by atoms with E-state index < -0.39 is 0 Å². The third kappa shape index (κ3) is 6.37. The summed E-state index contributed by atoms with van der Waals surface area (Å²) in [6.45, 7) is 3.50. The van der Waals surface area contributed by atoms with Gasteiger partial charge in [0.2, 0.25) is 17.6 Å². The number of rotatable bonds is 6. The summed E-state index contributed by atoms with van der Waals surface area (Å²) in [4.78, 5) is 34.9. The minimum Gasteiger partial charge on any atom is -0.339 e. The number of amides is 2. The Labute approximate surface area is 232 Å². The van der Waals surface area contributed by atoms with Gasteiger partial charge >= 0.3 is 0 Å². The molecule has 38 heavy (non-hydrogen) atoms. The van der Waals surface area contributed by atoms with Crippen molar-refractivity contribution in [1.29, 1.82) is 0 Å². The summed E-state index contributed by atoms with van der Waals surface area (Å²) in [6.07, 6.45) is 5.78. The van der Waals surface area contributed by atoms with Crippen molar-refractivity contribution in [2.45, 2.75) is 45.1 Å². The van der Waals surface area contributed by atoms with E-state index in [0.717, 1.165) is 51.9 Å². The summed E-state index contributed by atoms with van der Waals surface area (Å²) in [5, 5.41) is 8.11. The molecular formula is C28H31Cl2N5O3. The van der Waals surface area contributed by atoms with Gasteiger partial charge in [0.1, 0.15) is 0 Å². The fourth-order valence-electron chi connectivity index (χ4n) is 5.10. The molecule has 0 spiro atoms. The molecule has 2 amide bonds. The van der Waals surface area contributed by atoms with E-state index in [1.165, 1.54) is 0 Å². The van der Waals surface area contributed by atoms with E-state index in [1.807, 2.05) is 23.1 Å². The highest BCUT2D eigenvalue weighted by molar-refractivity contribution is 6.36. The zero-order valence-corrected chi connectivity index (χ0v) is 22.7. The molecule has 2 fully saturated rings. The van der Waals surface area contributed by atoms with Crippen molar-refractivity contribution in [3.05, 3.63) is 64.0 Å². The molecule has 5 rings (SSSR count). The number of anilines is 1. The topological polar surface area (TPSA) is 91.6 Å². The van der Waals surface area contributed by atoms with E-state index in [2.05, 4.69) is 20.4 Å². The highest BCUT2D eigenvalue weighted by atomic mass is 35.5. The molecule has 1 aromatic heterocycles. The fraction of sp³-hybridized carbons (Fsp3) is 0.429. The molecule has 2 aromatic carbocycles. The SMILES string of the molecule is O=C(Nc1ccccc1C(=O)N1CCCCCC1)C1CCN(Cc2nc(-c3ccc(Cl)cc3Cl)no2)CC1. The summed E-state index contributed by atoms with van der Waals surface area (Å²) in [5.74, 6) is 0.743. The second-order valence-electron chi connectivity index (χ2n) is 9.93. The van der Waals surface area contributed by atoms with Crippen LogP contribution in [-0.4, -0.2) is 57.9 Å². The van der Waals surface area contributed by atoms with Crippen molar-refractivity contribution in [3.63, 3.8) is 0 Å². The Morgan fingerprint density at radius 1 is 0.974 bits per heavy atom. The molecule has 2 aliphatic heterocycles. The lowest BCUT2D eigenvalue weighted by Gasteiger charge is -2.30. The van der Waals surface area contributed by atoms with E-state index >= 15 is 0 Å². The number of nitrogens with zero attached hydrogens (tertiary/aromatic N) is 4. The number of para-hydroxylation sites is 1. The van der Waals surface area contributed by atoms with Crippen LogP contribution in [0.15, 0.2) is 47.0 Å². The normalized spacial score (nSPS) is 17.3. The third-order valence-corrected chi connectivity index (χ3v) is 7.81. The van der Waals surface area contributed by atoms with E-state index in [4.69, 9.17) is 27.7 Å². The van der Waals surface area contributed by atoms with Crippen molar-refractivity contribution in [2.24, 2.45) is 5.92 Å². The second kappa shape index (κ2) is 12.3. The Kier molecular flexibility index (Phi) is 8.61. The number of halogens is 2. The lowest BCUT2D eigenvalue weighted by atomic mass is 9.95. The summed E-state index contributed by atoms with van der Waals surface area (Å²) >= 11 is 12.2. The van der Waals surface area contributed by atoms with E-state index in [0.29, 0.717) is 58.0 Å². The molecule has 2 saturated heterocycles. The summed E-state index contributed by atoms with van der Waals surface area (Å²) in [7, 11) is 0. The lowest BCUT2D eigenvalue weighted by molar-refractivity contribution is -0.121. The van der Waals surface area contributed by atoms with Crippen molar-refractivity contribution in [1.82, 2.24) is 19.9 Å². The molecule has 3 aromatic rings. The molecule has 10 heteroatoms. The van der Waals surface area contributed by atoms with Crippen LogP contribution in [0.5, 0.6) is 0 Å². The van der Waals surface area contributed by atoms with Gasteiger partial charge in [0.25, 0.3) is 5.91 Å². The quantitative estimate of drug-likeness (QED) is 0.406. The van der Waals surface area contributed by atoms with Crippen LogP contribution in [0.1, 0.15) is 54.8 Å². The molecule has 8 nitrogen and oxygen atoms in total. The number of benzene rings is 2. The first kappa shape index (κ1) is 26.7. The average molecular weight is 556 g/mol. The van der Waals surface area contributed by atoms with Crippen molar-refractivity contribution in [3.8, 4) is 11.4 Å². The maximum Gasteiger partial charge on any atom is 0.255 e. The Hall–Kier alpha value is -2.94. The van der Waals surface area contributed by atoms with Gasteiger partial charge in [0, 0.05) is 29.6 Å². The smallest absolute Gasteiger partial charge is 0.255 e. The lowest BCUT2D eigenvalue weighted by Crippen LogP contribution is -2.38. The van der Waals surface area contributed by atoms with Crippen LogP contribution in [-0.2, 0) is 11.3 Å². The zero-order chi connectivity index (χ0) is 26.5. The molecule has 0 bridgehead atoms. The van der Waals surface area contributed by atoms with Crippen LogP contribution in [0.2, 0.25) is 10.0 Å². The third-order valence-electron chi connectivity index (χ3n) is 7.27. The number of hydrogen-bond acceptors (Lipinski definition) is 6. The number of likely N-dealkylation sites (tertiary alicyclic amines) is 2. The highest BCUT2D eigenvalue weighted by Gasteiger charge is 2.28. The first-order chi connectivity index (χ1) is 18.5. The standard InChI is InChI=1S/C28H31Cl2N5O3/c29-20-9-10-21(23(30)17-20)26-32-25(38-33-26)18-34-15-11-19(12-16-34)27(36)31-24-8-4-3-7-22(24)28(37)35-13-5-1-2-6-14-35/h3-4,7-10,17,19H,1-2,5-6,11-16,18H2,(H,31,36). The summed E-state index contributed by atoms with van der Waals surface area (Å²) in [6, 6.07) is 12.5. The first-order valence-electron chi connectivity index (χ1n) is 13.2. The Morgan fingerprint density at radius 2 is 1.71 bits per heavy atom. The zero-order valence-electron chi connectivity index (χ0n) is 21.2. The maximum atomic E-state index is 13.2. The van der Waals surface area contributed by atoms with Gasteiger partial charge in [0.15, 0.2) is 0 Å². The summed E-state index contributed by atoms with van der Waals surface area (Å²) in [5.41, 5.74) is 1.82. The monoisotopic (exact) mass is 555 g/mol. The number of hydrogen-bond donors (Lipinski definition) is 1. The van der Waals surface area contributed by atoms with Crippen molar-refractivity contribution < 1.29 is 14.1 Å². The van der Waals surface area contributed by atoms with E-state index in [-0.39, 0.29) is 17.7 Å². The molecule has 0 radical (unpaired) electrons. The van der Waals surface area contributed by atoms with Gasteiger partial charge in [-0.3, -0.25) is 14.5 Å². The average Bonchev–Trinajstić information content (AvgIpc) is 3.20.